The van der Waals surface area contributed by atoms with E-state index in [9.17, 15) is 4.79 Å². The van der Waals surface area contributed by atoms with Crippen molar-refractivity contribution in [1.82, 2.24) is 5.32 Å². The molecule has 0 aromatic heterocycles. The number of carbonyl (C=O) groups is 1. The molecule has 1 unspecified atom stereocenters. The molecule has 0 spiro atoms. The maximum absolute atomic E-state index is 11.5. The number of hydrogen-bond donors (Lipinski definition) is 1. The van der Waals surface area contributed by atoms with Crippen molar-refractivity contribution in [3.8, 4) is 0 Å². The monoisotopic (exact) mass is 201 g/mol. The lowest BCUT2D eigenvalue weighted by atomic mass is 10.1. The zero-order chi connectivity index (χ0) is 11.4. The Morgan fingerprint density at radius 1 is 1.29 bits per heavy atom. The van der Waals surface area contributed by atoms with E-state index in [1.165, 1.54) is 0 Å². The highest BCUT2D eigenvalue weighted by Crippen LogP contribution is 2.10. The average molecular weight is 201 g/mol. The molecule has 0 aliphatic rings. The fraction of sp³-hybridized carbons (Fsp3) is 0.909. The zero-order valence-electron chi connectivity index (χ0n) is 10.2. The van der Waals surface area contributed by atoms with Gasteiger partial charge in [0.25, 0.3) is 0 Å². The molecule has 0 aromatic carbocycles. The maximum Gasteiger partial charge on any atom is 0.310 e. The fourth-order valence-electron chi connectivity index (χ4n) is 0.898. The van der Waals surface area contributed by atoms with Crippen LogP contribution in [0.25, 0.3) is 0 Å². The van der Waals surface area contributed by atoms with Crippen molar-refractivity contribution in [1.29, 1.82) is 0 Å². The van der Waals surface area contributed by atoms with Gasteiger partial charge in [-0.15, -0.1) is 0 Å². The van der Waals surface area contributed by atoms with E-state index in [0.717, 1.165) is 0 Å². The molecule has 0 heterocycles. The molecular formula is C11H23NO2. The van der Waals surface area contributed by atoms with Crippen molar-refractivity contribution >= 4 is 5.97 Å². The first kappa shape index (κ1) is 13.4. The quantitative estimate of drug-likeness (QED) is 0.707. The number of carbonyl (C=O) groups excluding carboxylic acids is 1. The van der Waals surface area contributed by atoms with Gasteiger partial charge in [-0.25, -0.2) is 0 Å². The molecule has 0 aliphatic carbocycles. The van der Waals surface area contributed by atoms with E-state index >= 15 is 0 Å². The highest BCUT2D eigenvalue weighted by Gasteiger charge is 2.21. The fourth-order valence-corrected chi connectivity index (χ4v) is 0.898. The van der Waals surface area contributed by atoms with Crippen molar-refractivity contribution in [2.75, 3.05) is 6.54 Å². The van der Waals surface area contributed by atoms with E-state index in [4.69, 9.17) is 4.74 Å². The lowest BCUT2D eigenvalue weighted by Gasteiger charge is -2.22. The summed E-state index contributed by atoms with van der Waals surface area (Å²) in [6, 6.07) is 0.403. The molecule has 3 heteroatoms. The third-order valence-electron chi connectivity index (χ3n) is 1.64. The van der Waals surface area contributed by atoms with Crippen molar-refractivity contribution in [3.05, 3.63) is 0 Å². The minimum Gasteiger partial charge on any atom is -0.460 e. The largest absolute Gasteiger partial charge is 0.460 e. The lowest BCUT2D eigenvalue weighted by Crippen LogP contribution is -2.35. The lowest BCUT2D eigenvalue weighted by molar-refractivity contribution is -0.159. The Morgan fingerprint density at radius 2 is 1.79 bits per heavy atom. The molecule has 0 radical (unpaired) electrons. The van der Waals surface area contributed by atoms with Gasteiger partial charge >= 0.3 is 5.97 Å². The van der Waals surface area contributed by atoms with Crippen molar-refractivity contribution in [2.24, 2.45) is 5.92 Å². The molecule has 0 aliphatic heterocycles. The summed E-state index contributed by atoms with van der Waals surface area (Å²) in [6.45, 7) is 12.3. The molecule has 0 saturated carbocycles. The van der Waals surface area contributed by atoms with E-state index in [1.807, 2.05) is 27.7 Å². The number of hydrogen-bond acceptors (Lipinski definition) is 3. The smallest absolute Gasteiger partial charge is 0.310 e. The van der Waals surface area contributed by atoms with Gasteiger partial charge in [0, 0.05) is 12.6 Å². The first-order chi connectivity index (χ1) is 6.22. The van der Waals surface area contributed by atoms with Crippen LogP contribution in [0.3, 0.4) is 0 Å². The Labute approximate surface area is 87.2 Å². The summed E-state index contributed by atoms with van der Waals surface area (Å²) in [7, 11) is 0. The van der Waals surface area contributed by atoms with E-state index in [1.54, 1.807) is 0 Å². The van der Waals surface area contributed by atoms with Crippen molar-refractivity contribution in [2.45, 2.75) is 53.2 Å². The summed E-state index contributed by atoms with van der Waals surface area (Å²) in [4.78, 5) is 11.5. The van der Waals surface area contributed by atoms with Crippen LogP contribution in [-0.2, 0) is 9.53 Å². The van der Waals surface area contributed by atoms with Gasteiger partial charge in [0.15, 0.2) is 0 Å². The Hall–Kier alpha value is -0.570. The number of rotatable bonds is 4. The van der Waals surface area contributed by atoms with Gasteiger partial charge in [-0.3, -0.25) is 4.79 Å². The third-order valence-corrected chi connectivity index (χ3v) is 1.64. The Kier molecular flexibility index (Phi) is 5.13. The number of esters is 1. The Morgan fingerprint density at radius 3 is 2.14 bits per heavy atom. The Balaban J connectivity index is 3.88. The molecule has 0 bridgehead atoms. The second-order valence-corrected chi connectivity index (χ2v) is 5.00. The van der Waals surface area contributed by atoms with Gasteiger partial charge in [0.05, 0.1) is 5.92 Å². The van der Waals surface area contributed by atoms with Gasteiger partial charge in [0.1, 0.15) is 5.60 Å². The van der Waals surface area contributed by atoms with Crippen LogP contribution in [0.2, 0.25) is 0 Å². The van der Waals surface area contributed by atoms with Crippen LogP contribution in [0.1, 0.15) is 41.5 Å². The van der Waals surface area contributed by atoms with Gasteiger partial charge in [-0.05, 0) is 20.8 Å². The topological polar surface area (TPSA) is 38.3 Å². The summed E-state index contributed by atoms with van der Waals surface area (Å²) in [5.41, 5.74) is -0.386. The van der Waals surface area contributed by atoms with Crippen LogP contribution in [0.4, 0.5) is 0 Å². The van der Waals surface area contributed by atoms with Crippen LogP contribution in [0.15, 0.2) is 0 Å². The molecule has 3 nitrogen and oxygen atoms in total. The van der Waals surface area contributed by atoms with Gasteiger partial charge in [-0.2, -0.15) is 0 Å². The van der Waals surface area contributed by atoms with Crippen LogP contribution < -0.4 is 5.32 Å². The highest BCUT2D eigenvalue weighted by molar-refractivity contribution is 5.72. The molecule has 14 heavy (non-hydrogen) atoms. The second-order valence-electron chi connectivity index (χ2n) is 5.00. The van der Waals surface area contributed by atoms with Crippen LogP contribution in [0, 0.1) is 5.92 Å². The molecule has 0 fully saturated rings. The molecule has 0 aromatic rings. The van der Waals surface area contributed by atoms with Crippen LogP contribution >= 0.6 is 0 Å². The van der Waals surface area contributed by atoms with Crippen molar-refractivity contribution < 1.29 is 9.53 Å². The number of nitrogens with one attached hydrogen (secondary N) is 1. The van der Waals surface area contributed by atoms with E-state index < -0.39 is 0 Å². The molecule has 0 amide bonds. The number of ether oxygens (including phenoxy) is 1. The van der Waals surface area contributed by atoms with Crippen LogP contribution in [0.5, 0.6) is 0 Å². The predicted octanol–water partition coefficient (Wildman–Crippen LogP) is 1.96. The second kappa shape index (κ2) is 5.35. The molecular weight excluding hydrogens is 178 g/mol. The first-order valence-electron chi connectivity index (χ1n) is 5.18. The van der Waals surface area contributed by atoms with E-state index in [2.05, 4.69) is 19.2 Å². The zero-order valence-corrected chi connectivity index (χ0v) is 10.2. The molecule has 0 rings (SSSR count). The third kappa shape index (κ3) is 6.89. The Bertz CT molecular complexity index is 182. The highest BCUT2D eigenvalue weighted by atomic mass is 16.6. The minimum absolute atomic E-state index is 0.0865. The van der Waals surface area contributed by atoms with Gasteiger partial charge in [-0.1, -0.05) is 20.8 Å². The minimum atomic E-state index is -0.386. The molecule has 0 saturated heterocycles. The average Bonchev–Trinajstić information content (AvgIpc) is 1.96. The van der Waals surface area contributed by atoms with Crippen LogP contribution in [-0.4, -0.2) is 24.2 Å². The normalized spacial score (nSPS) is 14.2. The summed E-state index contributed by atoms with van der Waals surface area (Å²) in [6.07, 6.45) is 0. The van der Waals surface area contributed by atoms with E-state index in [-0.39, 0.29) is 17.5 Å². The molecule has 84 valence electrons. The molecule has 1 N–H and O–H groups in total. The summed E-state index contributed by atoms with van der Waals surface area (Å²) in [5.74, 6) is -0.220. The predicted molar refractivity (Wildman–Crippen MR) is 58.1 cm³/mol. The molecule has 1 atom stereocenters. The van der Waals surface area contributed by atoms with Gasteiger partial charge in [0.2, 0.25) is 0 Å². The standard InChI is InChI=1S/C11H23NO2/c1-8(2)12-7-9(3)10(13)14-11(4,5)6/h8-9,12H,7H2,1-6H3. The summed E-state index contributed by atoms with van der Waals surface area (Å²) in [5, 5.41) is 3.21. The SMILES string of the molecule is CC(C)NCC(C)C(=O)OC(C)(C)C. The summed E-state index contributed by atoms with van der Waals surface area (Å²) >= 11 is 0. The summed E-state index contributed by atoms with van der Waals surface area (Å²) < 4.78 is 5.25. The van der Waals surface area contributed by atoms with Crippen molar-refractivity contribution in [3.63, 3.8) is 0 Å². The van der Waals surface area contributed by atoms with Gasteiger partial charge < -0.3 is 10.1 Å². The van der Waals surface area contributed by atoms with E-state index in [0.29, 0.717) is 12.6 Å². The maximum atomic E-state index is 11.5. The first-order valence-corrected chi connectivity index (χ1v) is 5.18.